The van der Waals surface area contributed by atoms with Crippen molar-refractivity contribution in [2.75, 3.05) is 32.4 Å². The van der Waals surface area contributed by atoms with Crippen molar-refractivity contribution in [1.29, 1.82) is 0 Å². The lowest BCUT2D eigenvalue weighted by molar-refractivity contribution is -0.122. The fourth-order valence-electron chi connectivity index (χ4n) is 3.32. The standard InChI is InChI=1S/C21H24N2O4S/c1-22(13-14-5-8-16(28-4)9-6-14)17-12-20(24)23(21(17)25)15-7-10-18(26-2)19(11-15)27-3/h5-11,17H,12-13H2,1-4H3/t17-/m0/s1. The molecule has 2 aromatic carbocycles. The second kappa shape index (κ2) is 8.67. The maximum atomic E-state index is 13.0. The van der Waals surface area contributed by atoms with Crippen LogP contribution in [-0.4, -0.2) is 50.3 Å². The first-order chi connectivity index (χ1) is 13.5. The highest BCUT2D eigenvalue weighted by atomic mass is 32.2. The minimum absolute atomic E-state index is 0.159. The molecule has 0 unspecified atom stereocenters. The van der Waals surface area contributed by atoms with Gasteiger partial charge in [-0.3, -0.25) is 14.5 Å². The number of ether oxygens (including phenoxy) is 2. The van der Waals surface area contributed by atoms with Crippen LogP contribution in [0.1, 0.15) is 12.0 Å². The summed E-state index contributed by atoms with van der Waals surface area (Å²) >= 11 is 1.69. The number of amides is 2. The summed E-state index contributed by atoms with van der Waals surface area (Å²) in [5.41, 5.74) is 1.60. The molecular weight excluding hydrogens is 376 g/mol. The number of rotatable bonds is 7. The number of methoxy groups -OCH3 is 2. The molecule has 1 saturated heterocycles. The zero-order chi connectivity index (χ0) is 20.3. The topological polar surface area (TPSA) is 59.1 Å². The zero-order valence-electron chi connectivity index (χ0n) is 16.5. The van der Waals surface area contributed by atoms with E-state index in [0.29, 0.717) is 23.7 Å². The van der Waals surface area contributed by atoms with Gasteiger partial charge in [-0.1, -0.05) is 12.1 Å². The van der Waals surface area contributed by atoms with Gasteiger partial charge in [0.15, 0.2) is 11.5 Å². The Kier molecular flexibility index (Phi) is 6.26. The molecule has 28 heavy (non-hydrogen) atoms. The third-order valence-corrected chi connectivity index (χ3v) is 5.61. The molecule has 1 fully saturated rings. The summed E-state index contributed by atoms with van der Waals surface area (Å²) in [5.74, 6) is 0.589. The van der Waals surface area contributed by atoms with Gasteiger partial charge in [0.1, 0.15) is 0 Å². The van der Waals surface area contributed by atoms with Crippen molar-refractivity contribution >= 4 is 29.3 Å². The van der Waals surface area contributed by atoms with Crippen molar-refractivity contribution in [2.24, 2.45) is 0 Å². The fraction of sp³-hybridized carbons (Fsp3) is 0.333. The van der Waals surface area contributed by atoms with Gasteiger partial charge in [-0.15, -0.1) is 11.8 Å². The number of thioether (sulfide) groups is 1. The van der Waals surface area contributed by atoms with Crippen molar-refractivity contribution in [3.63, 3.8) is 0 Å². The Labute approximate surface area is 169 Å². The Morgan fingerprint density at radius 3 is 2.36 bits per heavy atom. The van der Waals surface area contributed by atoms with Crippen LogP contribution in [0.2, 0.25) is 0 Å². The SMILES string of the molecule is COc1ccc(N2C(=O)C[C@H](N(C)Cc3ccc(SC)cc3)C2=O)cc1OC. The van der Waals surface area contributed by atoms with Crippen LogP contribution in [0.3, 0.4) is 0 Å². The molecule has 1 aliphatic rings. The molecule has 0 bridgehead atoms. The first kappa shape index (κ1) is 20.2. The molecule has 0 aliphatic carbocycles. The summed E-state index contributed by atoms with van der Waals surface area (Å²) in [6.07, 6.45) is 2.19. The average Bonchev–Trinajstić information content (AvgIpc) is 3.02. The number of nitrogens with zero attached hydrogens (tertiary/aromatic N) is 2. The van der Waals surface area contributed by atoms with Crippen molar-refractivity contribution < 1.29 is 19.1 Å². The van der Waals surface area contributed by atoms with Gasteiger partial charge in [0.25, 0.3) is 5.91 Å². The van der Waals surface area contributed by atoms with E-state index >= 15 is 0 Å². The van der Waals surface area contributed by atoms with Gasteiger partial charge >= 0.3 is 0 Å². The normalized spacial score (nSPS) is 16.8. The minimum atomic E-state index is -0.485. The summed E-state index contributed by atoms with van der Waals surface area (Å²) in [6.45, 7) is 0.595. The largest absolute Gasteiger partial charge is 0.493 e. The fourth-order valence-corrected chi connectivity index (χ4v) is 3.73. The lowest BCUT2D eigenvalue weighted by Gasteiger charge is -2.23. The molecule has 1 aliphatic heterocycles. The molecule has 0 N–H and O–H groups in total. The molecule has 1 atom stereocenters. The number of hydrogen-bond donors (Lipinski definition) is 0. The van der Waals surface area contributed by atoms with E-state index in [2.05, 4.69) is 24.3 Å². The van der Waals surface area contributed by atoms with E-state index in [4.69, 9.17) is 9.47 Å². The first-order valence-electron chi connectivity index (χ1n) is 8.90. The molecule has 2 aromatic rings. The number of hydrogen-bond acceptors (Lipinski definition) is 6. The van der Waals surface area contributed by atoms with E-state index in [1.54, 1.807) is 37.1 Å². The number of benzene rings is 2. The third kappa shape index (κ3) is 4.00. The van der Waals surface area contributed by atoms with Gasteiger partial charge in [0.05, 0.1) is 32.4 Å². The molecule has 1 heterocycles. The highest BCUT2D eigenvalue weighted by molar-refractivity contribution is 7.98. The van der Waals surface area contributed by atoms with Crippen LogP contribution < -0.4 is 14.4 Å². The Morgan fingerprint density at radius 1 is 1.07 bits per heavy atom. The highest BCUT2D eigenvalue weighted by Crippen LogP contribution is 2.34. The van der Waals surface area contributed by atoms with Crippen LogP contribution in [0.5, 0.6) is 11.5 Å². The molecule has 3 rings (SSSR count). The van der Waals surface area contributed by atoms with Crippen LogP contribution in [0, 0.1) is 0 Å². The Bertz CT molecular complexity index is 869. The monoisotopic (exact) mass is 400 g/mol. The number of carbonyl (C=O) groups is 2. The number of anilines is 1. The lowest BCUT2D eigenvalue weighted by atomic mass is 10.1. The molecule has 6 nitrogen and oxygen atoms in total. The summed E-state index contributed by atoms with van der Waals surface area (Å²) in [6, 6.07) is 12.8. The number of likely N-dealkylation sites (N-methyl/N-ethyl adjacent to an activating group) is 1. The quantitative estimate of drug-likeness (QED) is 0.526. The molecule has 0 aromatic heterocycles. The van der Waals surface area contributed by atoms with Crippen LogP contribution in [-0.2, 0) is 16.1 Å². The summed E-state index contributed by atoms with van der Waals surface area (Å²) in [7, 11) is 4.94. The predicted molar refractivity (Wildman–Crippen MR) is 110 cm³/mol. The first-order valence-corrected chi connectivity index (χ1v) is 10.1. The van der Waals surface area contributed by atoms with E-state index in [9.17, 15) is 9.59 Å². The molecule has 0 saturated carbocycles. The van der Waals surface area contributed by atoms with Gasteiger partial charge in [0.2, 0.25) is 5.91 Å². The Hall–Kier alpha value is -2.51. The second-order valence-electron chi connectivity index (χ2n) is 6.59. The lowest BCUT2D eigenvalue weighted by Crippen LogP contribution is -2.39. The second-order valence-corrected chi connectivity index (χ2v) is 7.47. The molecule has 0 radical (unpaired) electrons. The van der Waals surface area contributed by atoms with Crippen molar-refractivity contribution in [2.45, 2.75) is 23.9 Å². The van der Waals surface area contributed by atoms with Gasteiger partial charge in [-0.2, -0.15) is 0 Å². The highest BCUT2D eigenvalue weighted by Gasteiger charge is 2.41. The summed E-state index contributed by atoms with van der Waals surface area (Å²) in [4.78, 5) is 29.9. The van der Waals surface area contributed by atoms with Crippen molar-refractivity contribution in [3.05, 3.63) is 48.0 Å². The summed E-state index contributed by atoms with van der Waals surface area (Å²) in [5, 5.41) is 0. The van der Waals surface area contributed by atoms with Crippen LogP contribution >= 0.6 is 11.8 Å². The smallest absolute Gasteiger partial charge is 0.251 e. The van der Waals surface area contributed by atoms with E-state index in [1.165, 1.54) is 16.9 Å². The zero-order valence-corrected chi connectivity index (χ0v) is 17.3. The van der Waals surface area contributed by atoms with Gasteiger partial charge in [-0.25, -0.2) is 4.90 Å². The predicted octanol–water partition coefficient (Wildman–Crippen LogP) is 3.19. The molecule has 0 spiro atoms. The van der Waals surface area contributed by atoms with Crippen LogP contribution in [0.25, 0.3) is 0 Å². The van der Waals surface area contributed by atoms with Crippen LogP contribution in [0.4, 0.5) is 5.69 Å². The molecule has 2 amide bonds. The van der Waals surface area contributed by atoms with Gasteiger partial charge in [0, 0.05) is 17.5 Å². The molecular formula is C21H24N2O4S. The van der Waals surface area contributed by atoms with Crippen molar-refractivity contribution in [3.8, 4) is 11.5 Å². The number of carbonyl (C=O) groups excluding carboxylic acids is 2. The van der Waals surface area contributed by atoms with E-state index in [0.717, 1.165) is 5.56 Å². The third-order valence-electron chi connectivity index (χ3n) is 4.87. The summed E-state index contributed by atoms with van der Waals surface area (Å²) < 4.78 is 10.5. The molecule has 148 valence electrons. The average molecular weight is 401 g/mol. The van der Waals surface area contributed by atoms with E-state index in [1.807, 2.05) is 18.2 Å². The van der Waals surface area contributed by atoms with Crippen LogP contribution in [0.15, 0.2) is 47.4 Å². The Balaban J connectivity index is 1.77. The van der Waals surface area contributed by atoms with Crippen molar-refractivity contribution in [1.82, 2.24) is 4.90 Å². The van der Waals surface area contributed by atoms with E-state index in [-0.39, 0.29) is 18.2 Å². The maximum Gasteiger partial charge on any atom is 0.251 e. The van der Waals surface area contributed by atoms with E-state index < -0.39 is 6.04 Å². The van der Waals surface area contributed by atoms with Gasteiger partial charge in [-0.05, 0) is 43.1 Å². The maximum absolute atomic E-state index is 13.0. The van der Waals surface area contributed by atoms with Gasteiger partial charge < -0.3 is 9.47 Å². The minimum Gasteiger partial charge on any atom is -0.493 e. The number of imide groups is 1. The molecule has 7 heteroatoms. The Morgan fingerprint density at radius 2 is 1.75 bits per heavy atom.